The van der Waals surface area contributed by atoms with E-state index in [0.717, 1.165) is 0 Å². The second-order valence-electron chi connectivity index (χ2n) is 3.83. The number of ether oxygens (including phenoxy) is 1. The first-order valence-corrected chi connectivity index (χ1v) is 4.19. The summed E-state index contributed by atoms with van der Waals surface area (Å²) in [5.74, 6) is -0.310. The number of rotatable bonds is 1. The summed E-state index contributed by atoms with van der Waals surface area (Å²) >= 11 is 0. The topological polar surface area (TPSA) is 78.1 Å². The van der Waals surface area contributed by atoms with Gasteiger partial charge in [-0.3, -0.25) is 0 Å². The molecule has 0 fully saturated rings. The highest BCUT2D eigenvalue weighted by atomic mass is 16.6. The quantitative estimate of drug-likeness (QED) is 0.677. The van der Waals surface area contributed by atoms with E-state index in [0.29, 0.717) is 5.56 Å². The Bertz CT molecular complexity index is 327. The number of hydrogen-bond donors (Lipinski definition) is 1. The van der Waals surface area contributed by atoms with Crippen LogP contribution in [-0.4, -0.2) is 21.5 Å². The number of esters is 1. The average molecular weight is 195 g/mol. The maximum atomic E-state index is 11.4. The number of hydrogen-bond acceptors (Lipinski definition) is 5. The van der Waals surface area contributed by atoms with Crippen LogP contribution < -0.4 is 5.73 Å². The van der Waals surface area contributed by atoms with Crippen molar-refractivity contribution < 1.29 is 9.53 Å². The Balaban J connectivity index is 2.76. The SMILES string of the molecule is CC(C)(C)OC(=O)c1cnc(N)nc1. The van der Waals surface area contributed by atoms with Gasteiger partial charge < -0.3 is 10.5 Å². The van der Waals surface area contributed by atoms with Crippen LogP contribution in [0.1, 0.15) is 31.1 Å². The van der Waals surface area contributed by atoms with Crippen LogP contribution in [0.25, 0.3) is 0 Å². The minimum Gasteiger partial charge on any atom is -0.456 e. The molecule has 76 valence electrons. The number of nitrogen functional groups attached to an aromatic ring is 1. The molecule has 1 aromatic rings. The number of carbonyl (C=O) groups is 1. The third-order valence-corrected chi connectivity index (χ3v) is 1.31. The van der Waals surface area contributed by atoms with Crippen LogP contribution in [-0.2, 0) is 4.74 Å². The largest absolute Gasteiger partial charge is 0.456 e. The molecular weight excluding hydrogens is 182 g/mol. The Morgan fingerprint density at radius 3 is 2.29 bits per heavy atom. The number of carbonyl (C=O) groups excluding carboxylic acids is 1. The predicted molar refractivity (Wildman–Crippen MR) is 51.6 cm³/mol. The van der Waals surface area contributed by atoms with E-state index in [1.165, 1.54) is 12.4 Å². The Labute approximate surface area is 82.3 Å². The third kappa shape index (κ3) is 3.01. The lowest BCUT2D eigenvalue weighted by Gasteiger charge is -2.19. The molecule has 1 rings (SSSR count). The number of nitrogens with two attached hydrogens (primary N) is 1. The molecule has 1 aromatic heterocycles. The molecule has 0 aromatic carbocycles. The van der Waals surface area contributed by atoms with Gasteiger partial charge in [0.2, 0.25) is 5.95 Å². The zero-order chi connectivity index (χ0) is 10.8. The molecule has 0 saturated heterocycles. The lowest BCUT2D eigenvalue weighted by Crippen LogP contribution is -2.24. The molecule has 1 heterocycles. The van der Waals surface area contributed by atoms with E-state index in [4.69, 9.17) is 10.5 Å². The fourth-order valence-electron chi connectivity index (χ4n) is 0.780. The van der Waals surface area contributed by atoms with Gasteiger partial charge in [-0.15, -0.1) is 0 Å². The van der Waals surface area contributed by atoms with Gasteiger partial charge in [0.1, 0.15) is 5.60 Å². The summed E-state index contributed by atoms with van der Waals surface area (Å²) in [6.45, 7) is 5.38. The van der Waals surface area contributed by atoms with E-state index < -0.39 is 11.6 Å². The second-order valence-corrected chi connectivity index (χ2v) is 3.83. The van der Waals surface area contributed by atoms with Crippen molar-refractivity contribution in [3.8, 4) is 0 Å². The van der Waals surface area contributed by atoms with Gasteiger partial charge in [-0.2, -0.15) is 0 Å². The maximum absolute atomic E-state index is 11.4. The zero-order valence-corrected chi connectivity index (χ0v) is 8.44. The summed E-state index contributed by atoms with van der Waals surface area (Å²) in [6, 6.07) is 0. The molecule has 0 amide bonds. The summed E-state index contributed by atoms with van der Waals surface area (Å²) in [6.07, 6.45) is 2.69. The number of anilines is 1. The van der Waals surface area contributed by atoms with Crippen LogP contribution in [0.4, 0.5) is 5.95 Å². The summed E-state index contributed by atoms with van der Waals surface area (Å²) in [5, 5.41) is 0. The second kappa shape index (κ2) is 3.61. The highest BCUT2D eigenvalue weighted by Gasteiger charge is 2.18. The molecule has 0 radical (unpaired) electrons. The van der Waals surface area contributed by atoms with Crippen LogP contribution in [0.2, 0.25) is 0 Å². The Morgan fingerprint density at radius 2 is 1.86 bits per heavy atom. The van der Waals surface area contributed by atoms with Gasteiger partial charge in [0.15, 0.2) is 0 Å². The Hall–Kier alpha value is -1.65. The third-order valence-electron chi connectivity index (χ3n) is 1.31. The molecule has 0 saturated carbocycles. The molecule has 0 aliphatic heterocycles. The average Bonchev–Trinajstić information content (AvgIpc) is 2.02. The predicted octanol–water partition coefficient (Wildman–Crippen LogP) is 1.01. The van der Waals surface area contributed by atoms with Crippen molar-refractivity contribution >= 4 is 11.9 Å². The fourth-order valence-corrected chi connectivity index (χ4v) is 0.780. The Morgan fingerprint density at radius 1 is 1.36 bits per heavy atom. The van der Waals surface area contributed by atoms with Crippen molar-refractivity contribution in [2.45, 2.75) is 26.4 Å². The molecule has 14 heavy (non-hydrogen) atoms. The zero-order valence-electron chi connectivity index (χ0n) is 8.44. The smallest absolute Gasteiger partial charge is 0.341 e. The van der Waals surface area contributed by atoms with Gasteiger partial charge in [-0.25, -0.2) is 14.8 Å². The minimum absolute atomic E-state index is 0.136. The van der Waals surface area contributed by atoms with Gasteiger partial charge in [0, 0.05) is 12.4 Å². The first-order chi connectivity index (χ1) is 6.38. The number of aromatic nitrogens is 2. The summed E-state index contributed by atoms with van der Waals surface area (Å²) in [5.41, 5.74) is 5.06. The molecular formula is C9H13N3O2. The summed E-state index contributed by atoms with van der Waals surface area (Å²) in [4.78, 5) is 18.8. The summed E-state index contributed by atoms with van der Waals surface area (Å²) < 4.78 is 5.10. The summed E-state index contributed by atoms with van der Waals surface area (Å²) in [7, 11) is 0. The maximum Gasteiger partial charge on any atom is 0.341 e. The monoisotopic (exact) mass is 195 g/mol. The highest BCUT2D eigenvalue weighted by molar-refractivity contribution is 5.89. The lowest BCUT2D eigenvalue weighted by molar-refractivity contribution is 0.00687. The Kier molecular flexibility index (Phi) is 2.69. The standard InChI is InChI=1S/C9H13N3O2/c1-9(2,3)14-7(13)6-4-11-8(10)12-5-6/h4-5H,1-3H3,(H2,10,11,12). The van der Waals surface area contributed by atoms with Gasteiger partial charge in [-0.05, 0) is 20.8 Å². The highest BCUT2D eigenvalue weighted by Crippen LogP contribution is 2.10. The minimum atomic E-state index is -0.515. The van der Waals surface area contributed by atoms with Crippen molar-refractivity contribution in [1.29, 1.82) is 0 Å². The number of nitrogens with zero attached hydrogens (tertiary/aromatic N) is 2. The lowest BCUT2D eigenvalue weighted by atomic mass is 10.2. The van der Waals surface area contributed by atoms with Crippen molar-refractivity contribution in [2.24, 2.45) is 0 Å². The van der Waals surface area contributed by atoms with Crippen molar-refractivity contribution in [3.63, 3.8) is 0 Å². The molecule has 5 heteroatoms. The molecule has 0 aliphatic rings. The van der Waals surface area contributed by atoms with Crippen LogP contribution in [0.15, 0.2) is 12.4 Å². The first kappa shape index (κ1) is 10.4. The molecule has 0 aliphatic carbocycles. The van der Waals surface area contributed by atoms with E-state index in [9.17, 15) is 4.79 Å². The van der Waals surface area contributed by atoms with Crippen molar-refractivity contribution in [1.82, 2.24) is 9.97 Å². The van der Waals surface area contributed by atoms with Gasteiger partial charge in [0.05, 0.1) is 5.56 Å². The van der Waals surface area contributed by atoms with Crippen molar-refractivity contribution in [2.75, 3.05) is 5.73 Å². The molecule has 0 bridgehead atoms. The van der Waals surface area contributed by atoms with Crippen LogP contribution in [0.5, 0.6) is 0 Å². The van der Waals surface area contributed by atoms with E-state index in [1.54, 1.807) is 20.8 Å². The van der Waals surface area contributed by atoms with E-state index in [1.807, 2.05) is 0 Å². The van der Waals surface area contributed by atoms with Gasteiger partial charge in [0.25, 0.3) is 0 Å². The van der Waals surface area contributed by atoms with Crippen molar-refractivity contribution in [3.05, 3.63) is 18.0 Å². The van der Waals surface area contributed by atoms with Gasteiger partial charge in [-0.1, -0.05) is 0 Å². The van der Waals surface area contributed by atoms with E-state index in [-0.39, 0.29) is 5.95 Å². The molecule has 2 N–H and O–H groups in total. The van der Waals surface area contributed by atoms with E-state index >= 15 is 0 Å². The molecule has 5 nitrogen and oxygen atoms in total. The first-order valence-electron chi connectivity index (χ1n) is 4.19. The van der Waals surface area contributed by atoms with E-state index in [2.05, 4.69) is 9.97 Å². The van der Waals surface area contributed by atoms with Crippen LogP contribution in [0.3, 0.4) is 0 Å². The van der Waals surface area contributed by atoms with Gasteiger partial charge >= 0.3 is 5.97 Å². The van der Waals surface area contributed by atoms with Crippen LogP contribution >= 0.6 is 0 Å². The van der Waals surface area contributed by atoms with Crippen LogP contribution in [0, 0.1) is 0 Å². The molecule has 0 spiro atoms. The molecule has 0 unspecified atom stereocenters. The normalized spacial score (nSPS) is 11.1. The molecule has 0 atom stereocenters. The fraction of sp³-hybridized carbons (Fsp3) is 0.444.